The molecule has 0 saturated carbocycles. The Labute approximate surface area is 202 Å². The van der Waals surface area contributed by atoms with Gasteiger partial charge in [-0.1, -0.05) is 65.8 Å². The summed E-state index contributed by atoms with van der Waals surface area (Å²) in [5.74, 6) is -0.672. The minimum atomic E-state index is -0.638. The molecule has 2 aromatic rings. The van der Waals surface area contributed by atoms with Crippen LogP contribution in [0.1, 0.15) is 99.0 Å². The smallest absolute Gasteiger partial charge is 0.344 e. The van der Waals surface area contributed by atoms with Gasteiger partial charge in [0.1, 0.15) is 5.60 Å². The summed E-state index contributed by atoms with van der Waals surface area (Å²) in [5, 5.41) is 4.07. The zero-order valence-corrected chi connectivity index (χ0v) is 21.6. The summed E-state index contributed by atoms with van der Waals surface area (Å²) in [6.07, 6.45) is 0. The lowest BCUT2D eigenvalue weighted by Crippen LogP contribution is -2.22. The fourth-order valence-corrected chi connectivity index (χ4v) is 2.84. The van der Waals surface area contributed by atoms with Crippen LogP contribution in [0.5, 0.6) is 0 Å². The van der Waals surface area contributed by atoms with E-state index >= 15 is 0 Å². The van der Waals surface area contributed by atoms with Crippen molar-refractivity contribution >= 4 is 23.4 Å². The van der Waals surface area contributed by atoms with E-state index in [4.69, 9.17) is 9.57 Å². The summed E-state index contributed by atoms with van der Waals surface area (Å²) in [7, 11) is 0. The molecule has 0 heterocycles. The first-order valence-electron chi connectivity index (χ1n) is 11.3. The first-order chi connectivity index (χ1) is 15.5. The molecular weight excluding hydrogens is 430 g/mol. The van der Waals surface area contributed by atoms with Gasteiger partial charge in [-0.05, 0) is 50.2 Å². The Morgan fingerprint density at radius 3 is 1.29 bits per heavy atom. The molecule has 0 fully saturated rings. The summed E-state index contributed by atoms with van der Waals surface area (Å²) in [6, 6.07) is 13.0. The van der Waals surface area contributed by atoms with Crippen LogP contribution in [-0.2, 0) is 9.57 Å². The fraction of sp³-hybridized carbons (Fsp3) is 0.429. The maximum Gasteiger partial charge on any atom is 0.344 e. The van der Waals surface area contributed by atoms with E-state index in [1.165, 1.54) is 0 Å². The highest BCUT2D eigenvalue weighted by Gasteiger charge is 2.25. The molecule has 0 spiro atoms. The Kier molecular flexibility index (Phi) is 7.87. The lowest BCUT2D eigenvalue weighted by molar-refractivity contribution is -0.00322. The average molecular weight is 466 g/mol. The number of esters is 1. The molecule has 0 bridgehead atoms. The molecule has 2 aromatic carbocycles. The van der Waals surface area contributed by atoms with Crippen LogP contribution in [0.2, 0.25) is 0 Å². The van der Waals surface area contributed by atoms with Gasteiger partial charge in [-0.15, -0.1) is 0 Å². The number of ketones is 2. The van der Waals surface area contributed by atoms with Gasteiger partial charge in [0.05, 0.1) is 5.56 Å². The second kappa shape index (κ2) is 9.92. The van der Waals surface area contributed by atoms with E-state index < -0.39 is 22.4 Å². The van der Waals surface area contributed by atoms with Crippen LogP contribution in [0.25, 0.3) is 0 Å². The minimum Gasteiger partial charge on any atom is -0.400 e. The standard InChI is InChI=1S/C28H35NO5/c1-26(2,3)22(30)18-10-14-20(15-11-18)24(29-34-28(7,8)9)33-25(32)21-16-12-19(13-17-21)23(31)27(4,5)6/h10-17H,1-9H3/b29-24+. The van der Waals surface area contributed by atoms with Crippen LogP contribution in [0.15, 0.2) is 53.7 Å². The number of Topliss-reactive ketones (excluding diaryl/α,β-unsaturated/α-hetero) is 2. The van der Waals surface area contributed by atoms with Gasteiger partial charge in [0.2, 0.25) is 0 Å². The van der Waals surface area contributed by atoms with Crippen molar-refractivity contribution in [1.29, 1.82) is 0 Å². The molecule has 0 aromatic heterocycles. The highest BCUT2D eigenvalue weighted by Crippen LogP contribution is 2.23. The number of hydrogen-bond acceptors (Lipinski definition) is 6. The van der Waals surface area contributed by atoms with E-state index in [2.05, 4.69) is 5.16 Å². The van der Waals surface area contributed by atoms with Crippen LogP contribution in [-0.4, -0.2) is 29.0 Å². The third-order valence-electron chi connectivity index (χ3n) is 4.73. The van der Waals surface area contributed by atoms with Crippen molar-refractivity contribution in [2.24, 2.45) is 16.0 Å². The van der Waals surface area contributed by atoms with E-state index in [0.717, 1.165) is 0 Å². The zero-order chi connectivity index (χ0) is 25.9. The number of nitrogens with zero attached hydrogens (tertiary/aromatic N) is 1. The van der Waals surface area contributed by atoms with Crippen molar-refractivity contribution in [3.63, 3.8) is 0 Å². The van der Waals surface area contributed by atoms with Gasteiger partial charge in [0, 0.05) is 27.5 Å². The normalized spacial score (nSPS) is 12.8. The first kappa shape index (κ1) is 27.0. The van der Waals surface area contributed by atoms with Crippen LogP contribution in [0, 0.1) is 10.8 Å². The quantitative estimate of drug-likeness (QED) is 0.166. The topological polar surface area (TPSA) is 82.0 Å². The molecule has 0 aliphatic rings. The molecule has 0 aliphatic carbocycles. The molecule has 0 saturated heterocycles. The van der Waals surface area contributed by atoms with Crippen molar-refractivity contribution < 1.29 is 24.0 Å². The molecule has 0 unspecified atom stereocenters. The molecule has 0 amide bonds. The van der Waals surface area contributed by atoms with Gasteiger partial charge < -0.3 is 9.57 Å². The Hall–Kier alpha value is -3.28. The molecule has 0 N–H and O–H groups in total. The number of oxime groups is 1. The van der Waals surface area contributed by atoms with Crippen LogP contribution >= 0.6 is 0 Å². The minimum absolute atomic E-state index is 0.00497. The number of hydrogen-bond donors (Lipinski definition) is 0. The zero-order valence-electron chi connectivity index (χ0n) is 21.6. The van der Waals surface area contributed by atoms with Crippen molar-refractivity contribution in [2.45, 2.75) is 67.9 Å². The predicted molar refractivity (Wildman–Crippen MR) is 133 cm³/mol. The Morgan fingerprint density at radius 1 is 0.588 bits per heavy atom. The summed E-state index contributed by atoms with van der Waals surface area (Å²) >= 11 is 0. The fourth-order valence-electron chi connectivity index (χ4n) is 2.84. The van der Waals surface area contributed by atoms with E-state index in [1.54, 1.807) is 48.5 Å². The summed E-state index contributed by atoms with van der Waals surface area (Å²) in [5.41, 5.74) is 0.198. The van der Waals surface area contributed by atoms with Gasteiger partial charge in [-0.2, -0.15) is 0 Å². The molecule has 34 heavy (non-hydrogen) atoms. The van der Waals surface area contributed by atoms with E-state index in [1.807, 2.05) is 62.3 Å². The Morgan fingerprint density at radius 2 is 0.941 bits per heavy atom. The van der Waals surface area contributed by atoms with Crippen molar-refractivity contribution in [3.8, 4) is 0 Å². The van der Waals surface area contributed by atoms with Gasteiger partial charge in [0.15, 0.2) is 11.6 Å². The number of benzene rings is 2. The molecule has 6 nitrogen and oxygen atoms in total. The second-order valence-electron chi connectivity index (χ2n) is 11.3. The Bertz CT molecular complexity index is 1070. The average Bonchev–Trinajstić information content (AvgIpc) is 2.73. The highest BCUT2D eigenvalue weighted by atomic mass is 16.7. The monoisotopic (exact) mass is 465 g/mol. The molecule has 182 valence electrons. The van der Waals surface area contributed by atoms with Crippen molar-refractivity contribution in [3.05, 3.63) is 70.8 Å². The Balaban J connectivity index is 2.31. The number of rotatable bonds is 5. The highest BCUT2D eigenvalue weighted by molar-refractivity contribution is 6.06. The van der Waals surface area contributed by atoms with E-state index in [-0.39, 0.29) is 23.0 Å². The van der Waals surface area contributed by atoms with Crippen LogP contribution in [0.4, 0.5) is 0 Å². The first-order valence-corrected chi connectivity index (χ1v) is 11.3. The van der Waals surface area contributed by atoms with E-state index in [0.29, 0.717) is 16.7 Å². The number of carbonyl (C=O) groups excluding carboxylic acids is 3. The number of ether oxygens (including phenoxy) is 1. The molecular formula is C28H35NO5. The lowest BCUT2D eigenvalue weighted by atomic mass is 9.86. The number of carbonyl (C=O) groups is 3. The van der Waals surface area contributed by atoms with E-state index in [9.17, 15) is 14.4 Å². The maximum atomic E-state index is 12.8. The maximum absolute atomic E-state index is 12.8. The second-order valence-corrected chi connectivity index (χ2v) is 11.3. The molecule has 6 heteroatoms. The summed E-state index contributed by atoms with van der Waals surface area (Å²) in [6.45, 7) is 16.6. The third-order valence-corrected chi connectivity index (χ3v) is 4.73. The molecule has 0 radical (unpaired) electrons. The van der Waals surface area contributed by atoms with Crippen molar-refractivity contribution in [2.75, 3.05) is 0 Å². The van der Waals surface area contributed by atoms with Gasteiger partial charge in [0.25, 0.3) is 5.90 Å². The van der Waals surface area contributed by atoms with Gasteiger partial charge in [-0.3, -0.25) is 9.59 Å². The van der Waals surface area contributed by atoms with Gasteiger partial charge in [-0.25, -0.2) is 4.79 Å². The predicted octanol–water partition coefficient (Wildman–Crippen LogP) is 6.48. The van der Waals surface area contributed by atoms with Gasteiger partial charge >= 0.3 is 5.97 Å². The third kappa shape index (κ3) is 7.37. The molecule has 2 rings (SSSR count). The lowest BCUT2D eigenvalue weighted by Gasteiger charge is -2.18. The van der Waals surface area contributed by atoms with Crippen LogP contribution < -0.4 is 0 Å². The molecule has 0 atom stereocenters. The molecule has 0 aliphatic heterocycles. The van der Waals surface area contributed by atoms with Crippen LogP contribution in [0.3, 0.4) is 0 Å². The summed E-state index contributed by atoms with van der Waals surface area (Å²) < 4.78 is 5.57. The van der Waals surface area contributed by atoms with Crippen molar-refractivity contribution in [1.82, 2.24) is 0 Å². The largest absolute Gasteiger partial charge is 0.400 e. The SMILES string of the molecule is CC(C)(C)O/N=C(/OC(=O)c1ccc(C(=O)C(C)(C)C)cc1)c1ccc(C(=O)C(C)(C)C)cc1. The summed E-state index contributed by atoms with van der Waals surface area (Å²) in [4.78, 5) is 43.3.